The van der Waals surface area contributed by atoms with Crippen LogP contribution in [0.4, 0.5) is 5.82 Å². The van der Waals surface area contributed by atoms with Crippen LogP contribution in [0.25, 0.3) is 16.4 Å². The van der Waals surface area contributed by atoms with Crippen LogP contribution in [0.15, 0.2) is 58.7 Å². The number of nitrogens with zero attached hydrogens (tertiary/aromatic N) is 3. The van der Waals surface area contributed by atoms with Crippen molar-refractivity contribution in [1.82, 2.24) is 14.5 Å². The summed E-state index contributed by atoms with van der Waals surface area (Å²) in [5, 5.41) is 5.56. The van der Waals surface area contributed by atoms with E-state index in [9.17, 15) is 4.79 Å². The first kappa shape index (κ1) is 16.3. The van der Waals surface area contributed by atoms with Gasteiger partial charge in [0.2, 0.25) is 0 Å². The fourth-order valence-electron chi connectivity index (χ4n) is 2.58. The summed E-state index contributed by atoms with van der Waals surface area (Å²) >= 11 is 1.50. The van der Waals surface area contributed by atoms with Gasteiger partial charge < -0.3 is 9.73 Å². The molecule has 3 heterocycles. The second-order valence-corrected chi connectivity index (χ2v) is 6.68. The van der Waals surface area contributed by atoms with Crippen molar-refractivity contribution in [3.8, 4) is 16.4 Å². The average Bonchev–Trinajstić information content (AvgIpc) is 3.36. The van der Waals surface area contributed by atoms with Crippen molar-refractivity contribution in [1.29, 1.82) is 0 Å². The van der Waals surface area contributed by atoms with Crippen LogP contribution >= 0.6 is 11.3 Å². The lowest BCUT2D eigenvalue weighted by Gasteiger charge is -2.07. The van der Waals surface area contributed by atoms with Gasteiger partial charge in [-0.25, -0.2) is 9.97 Å². The number of rotatable bonds is 4. The highest BCUT2D eigenvalue weighted by Gasteiger charge is 2.17. The minimum atomic E-state index is -0.327. The zero-order valence-corrected chi connectivity index (χ0v) is 15.1. The van der Waals surface area contributed by atoms with E-state index in [0.29, 0.717) is 5.82 Å². The largest absolute Gasteiger partial charge is 0.459 e. The minimum Gasteiger partial charge on any atom is -0.459 e. The van der Waals surface area contributed by atoms with Gasteiger partial charge in [0.05, 0.1) is 18.2 Å². The summed E-state index contributed by atoms with van der Waals surface area (Å²) in [6.45, 7) is 3.93. The second-order valence-electron chi connectivity index (χ2n) is 5.84. The maximum atomic E-state index is 12.3. The number of anilines is 1. The molecule has 7 heteroatoms. The lowest BCUT2D eigenvalue weighted by atomic mass is 10.1. The first-order valence-corrected chi connectivity index (χ1v) is 8.92. The Hall–Kier alpha value is -3.19. The molecule has 0 aliphatic heterocycles. The molecule has 4 aromatic rings. The molecule has 130 valence electrons. The van der Waals surface area contributed by atoms with E-state index in [4.69, 9.17) is 9.40 Å². The Labute approximate surface area is 154 Å². The fourth-order valence-corrected chi connectivity index (χ4v) is 3.48. The number of aromatic nitrogens is 3. The number of carbonyl (C=O) groups excluding carboxylic acids is 1. The second kappa shape index (κ2) is 6.61. The van der Waals surface area contributed by atoms with Gasteiger partial charge in [-0.1, -0.05) is 29.8 Å². The molecule has 0 saturated heterocycles. The van der Waals surface area contributed by atoms with Crippen molar-refractivity contribution in [3.05, 3.63) is 71.4 Å². The molecule has 0 aliphatic carbocycles. The summed E-state index contributed by atoms with van der Waals surface area (Å²) in [7, 11) is 0. The Kier molecular flexibility index (Phi) is 4.14. The molecule has 0 radical (unpaired) electrons. The molecule has 0 spiro atoms. The summed E-state index contributed by atoms with van der Waals surface area (Å²) in [5.41, 5.74) is 3.15. The quantitative estimate of drug-likeness (QED) is 0.580. The molecule has 1 aromatic carbocycles. The highest BCUT2D eigenvalue weighted by atomic mass is 32.1. The third-order valence-corrected chi connectivity index (χ3v) is 4.78. The van der Waals surface area contributed by atoms with Crippen LogP contribution in [0.2, 0.25) is 0 Å². The van der Waals surface area contributed by atoms with Crippen molar-refractivity contribution < 1.29 is 9.21 Å². The summed E-state index contributed by atoms with van der Waals surface area (Å²) in [6.07, 6.45) is 3.08. The molecular formula is C19H16N4O2S. The lowest BCUT2D eigenvalue weighted by molar-refractivity contribution is 0.0996. The van der Waals surface area contributed by atoms with Gasteiger partial charge in [0, 0.05) is 10.9 Å². The topological polar surface area (TPSA) is 73.0 Å². The number of benzene rings is 1. The predicted molar refractivity (Wildman–Crippen MR) is 101 cm³/mol. The minimum absolute atomic E-state index is 0.245. The first-order valence-electron chi connectivity index (χ1n) is 8.04. The third-order valence-electron chi connectivity index (χ3n) is 3.96. The van der Waals surface area contributed by atoms with Gasteiger partial charge in [0.15, 0.2) is 10.9 Å². The van der Waals surface area contributed by atoms with E-state index >= 15 is 0 Å². The summed E-state index contributed by atoms with van der Waals surface area (Å²) in [6, 6.07) is 11.5. The molecule has 26 heavy (non-hydrogen) atoms. The summed E-state index contributed by atoms with van der Waals surface area (Å²) < 4.78 is 6.96. The number of thiazole rings is 1. The Morgan fingerprint density at radius 1 is 1.19 bits per heavy atom. The highest BCUT2D eigenvalue weighted by Crippen LogP contribution is 2.27. The SMILES string of the molecule is Cc1ccc(-c2csc(-n3c(NC(=O)c4ccco4)cnc3C)n2)cc1. The van der Waals surface area contributed by atoms with E-state index in [1.54, 1.807) is 18.3 Å². The van der Waals surface area contributed by atoms with Crippen LogP contribution < -0.4 is 5.32 Å². The van der Waals surface area contributed by atoms with Crippen molar-refractivity contribution in [2.75, 3.05) is 5.32 Å². The monoisotopic (exact) mass is 364 g/mol. The molecular weight excluding hydrogens is 348 g/mol. The lowest BCUT2D eigenvalue weighted by Crippen LogP contribution is -2.14. The van der Waals surface area contributed by atoms with Crippen LogP contribution in [0.3, 0.4) is 0 Å². The summed E-state index contributed by atoms with van der Waals surface area (Å²) in [4.78, 5) is 21.3. The number of aryl methyl sites for hydroxylation is 2. The van der Waals surface area contributed by atoms with Gasteiger partial charge in [-0.2, -0.15) is 0 Å². The zero-order chi connectivity index (χ0) is 18.1. The van der Waals surface area contributed by atoms with Gasteiger partial charge in [-0.3, -0.25) is 9.36 Å². The molecule has 0 atom stereocenters. The number of hydrogen-bond acceptors (Lipinski definition) is 5. The molecule has 4 rings (SSSR count). The van der Waals surface area contributed by atoms with Gasteiger partial charge in [-0.15, -0.1) is 11.3 Å². The highest BCUT2D eigenvalue weighted by molar-refractivity contribution is 7.12. The number of nitrogens with one attached hydrogen (secondary N) is 1. The van der Waals surface area contributed by atoms with E-state index in [-0.39, 0.29) is 11.7 Å². The number of hydrogen-bond donors (Lipinski definition) is 1. The Morgan fingerprint density at radius 2 is 2.00 bits per heavy atom. The first-order chi connectivity index (χ1) is 12.6. The van der Waals surface area contributed by atoms with E-state index in [1.165, 1.54) is 23.2 Å². The molecule has 0 aliphatic rings. The number of amides is 1. The average molecular weight is 364 g/mol. The van der Waals surface area contributed by atoms with E-state index in [0.717, 1.165) is 22.2 Å². The van der Waals surface area contributed by atoms with Gasteiger partial charge >= 0.3 is 0 Å². The van der Waals surface area contributed by atoms with Crippen LogP contribution in [0, 0.1) is 13.8 Å². The molecule has 1 N–H and O–H groups in total. The fraction of sp³-hybridized carbons (Fsp3) is 0.105. The van der Waals surface area contributed by atoms with Crippen LogP contribution in [0.5, 0.6) is 0 Å². The Morgan fingerprint density at radius 3 is 2.73 bits per heavy atom. The Balaban J connectivity index is 1.65. The van der Waals surface area contributed by atoms with Crippen molar-refractivity contribution in [2.45, 2.75) is 13.8 Å². The zero-order valence-electron chi connectivity index (χ0n) is 14.3. The molecule has 0 unspecified atom stereocenters. The van der Waals surface area contributed by atoms with Crippen molar-refractivity contribution in [3.63, 3.8) is 0 Å². The number of imidazole rings is 1. The Bertz CT molecular complexity index is 1050. The van der Waals surface area contributed by atoms with Crippen LogP contribution in [0.1, 0.15) is 21.9 Å². The molecule has 6 nitrogen and oxygen atoms in total. The third kappa shape index (κ3) is 3.04. The van der Waals surface area contributed by atoms with Gasteiger partial charge in [-0.05, 0) is 26.0 Å². The smallest absolute Gasteiger partial charge is 0.292 e. The van der Waals surface area contributed by atoms with E-state index < -0.39 is 0 Å². The molecule has 3 aromatic heterocycles. The molecule has 1 amide bonds. The summed E-state index contributed by atoms with van der Waals surface area (Å²) in [5.74, 6) is 1.21. The number of furan rings is 1. The van der Waals surface area contributed by atoms with Crippen molar-refractivity contribution >= 4 is 23.1 Å². The van der Waals surface area contributed by atoms with Gasteiger partial charge in [0.25, 0.3) is 5.91 Å². The van der Waals surface area contributed by atoms with Gasteiger partial charge in [0.1, 0.15) is 11.6 Å². The van der Waals surface area contributed by atoms with E-state index in [1.807, 2.05) is 16.9 Å². The number of carbonyl (C=O) groups is 1. The standard InChI is InChI=1S/C19H16N4O2S/c1-12-5-7-14(8-6-12)15-11-26-19(21-15)23-13(2)20-10-17(23)22-18(24)16-4-3-9-25-16/h3-11H,1-2H3,(H,22,24). The predicted octanol–water partition coefficient (Wildman–Crippen LogP) is 4.46. The molecule has 0 bridgehead atoms. The van der Waals surface area contributed by atoms with Crippen LogP contribution in [-0.2, 0) is 0 Å². The maximum Gasteiger partial charge on any atom is 0.292 e. The maximum absolute atomic E-state index is 12.3. The molecule has 0 fully saturated rings. The molecule has 0 saturated carbocycles. The van der Waals surface area contributed by atoms with Crippen molar-refractivity contribution in [2.24, 2.45) is 0 Å². The van der Waals surface area contributed by atoms with E-state index in [2.05, 4.69) is 41.5 Å². The van der Waals surface area contributed by atoms with Crippen LogP contribution in [-0.4, -0.2) is 20.4 Å². The normalized spacial score (nSPS) is 10.8.